The number of carbonyl (C=O) groups is 1. The Balaban J connectivity index is 1.91. The zero-order chi connectivity index (χ0) is 19.2. The van der Waals surface area contributed by atoms with Crippen molar-refractivity contribution in [2.75, 3.05) is 28.8 Å². The van der Waals surface area contributed by atoms with E-state index in [1.807, 2.05) is 43.5 Å². The Bertz CT molecular complexity index is 1020. The molecule has 27 heavy (non-hydrogen) atoms. The zero-order valence-corrected chi connectivity index (χ0v) is 16.0. The van der Waals surface area contributed by atoms with Crippen LogP contribution in [0.15, 0.2) is 62.6 Å². The minimum atomic E-state index is -0.597. The molecule has 0 aliphatic carbocycles. The highest BCUT2D eigenvalue weighted by Crippen LogP contribution is 2.28. The number of benzene rings is 2. The second-order valence-corrected chi connectivity index (χ2v) is 6.75. The fourth-order valence-corrected chi connectivity index (χ4v) is 3.13. The number of nitrogens with one attached hydrogen (secondary N) is 3. The number of hydrogen-bond donors (Lipinski definition) is 3. The third-order valence-electron chi connectivity index (χ3n) is 3.93. The molecule has 0 radical (unpaired) electrons. The Morgan fingerprint density at radius 1 is 1.07 bits per heavy atom. The Hall–Kier alpha value is -2.93. The molecule has 3 aromatic rings. The molecule has 1 aromatic heterocycles. The Kier molecular flexibility index (Phi) is 6.03. The molecular weight excluding hydrogens is 362 g/mol. The largest absolute Gasteiger partial charge is 0.421 e. The maximum Gasteiger partial charge on any atom is 0.362 e. The van der Waals surface area contributed by atoms with Crippen LogP contribution in [0.25, 0.3) is 11.0 Å². The van der Waals surface area contributed by atoms with Crippen molar-refractivity contribution in [2.45, 2.75) is 18.2 Å². The van der Waals surface area contributed by atoms with Crippen LogP contribution in [0, 0.1) is 0 Å². The molecule has 0 fully saturated rings. The quantitative estimate of drug-likeness (QED) is 0.413. The van der Waals surface area contributed by atoms with Gasteiger partial charge in [0.2, 0.25) is 0 Å². The van der Waals surface area contributed by atoms with Gasteiger partial charge in [-0.1, -0.05) is 25.1 Å². The smallest absolute Gasteiger partial charge is 0.362 e. The summed E-state index contributed by atoms with van der Waals surface area (Å²) >= 11 is 1.58. The van der Waals surface area contributed by atoms with Gasteiger partial charge in [-0.3, -0.25) is 5.32 Å². The van der Waals surface area contributed by atoms with Crippen molar-refractivity contribution in [1.82, 2.24) is 0 Å². The summed E-state index contributed by atoms with van der Waals surface area (Å²) < 4.78 is 5.36. The van der Waals surface area contributed by atoms with Crippen LogP contribution in [0.3, 0.4) is 0 Å². The number of amides is 2. The molecule has 3 rings (SSSR count). The first kappa shape index (κ1) is 18.8. The molecule has 2 aromatic carbocycles. The fourth-order valence-electron chi connectivity index (χ4n) is 2.67. The molecular formula is C20H21N3O3S. The van der Waals surface area contributed by atoms with E-state index in [4.69, 9.17) is 4.42 Å². The highest BCUT2D eigenvalue weighted by Gasteiger charge is 2.16. The van der Waals surface area contributed by atoms with Crippen LogP contribution in [0.2, 0.25) is 0 Å². The van der Waals surface area contributed by atoms with Crippen LogP contribution in [0.4, 0.5) is 21.9 Å². The van der Waals surface area contributed by atoms with Crippen molar-refractivity contribution in [2.24, 2.45) is 0 Å². The fraction of sp³-hybridized carbons (Fsp3) is 0.200. The van der Waals surface area contributed by atoms with Gasteiger partial charge in [-0.05, 0) is 43.0 Å². The number of carbonyl (C=O) groups excluding carboxylic acids is 1. The van der Waals surface area contributed by atoms with Gasteiger partial charge in [0.25, 0.3) is 0 Å². The number of hydrogen-bond acceptors (Lipinski definition) is 5. The first-order chi connectivity index (χ1) is 13.1. The molecule has 2 amide bonds. The molecule has 6 nitrogen and oxygen atoms in total. The molecule has 3 N–H and O–H groups in total. The second kappa shape index (κ2) is 8.64. The maximum atomic E-state index is 12.5. The molecule has 140 valence electrons. The van der Waals surface area contributed by atoms with Gasteiger partial charge >= 0.3 is 11.7 Å². The van der Waals surface area contributed by atoms with Gasteiger partial charge in [0.05, 0.1) is 5.69 Å². The summed E-state index contributed by atoms with van der Waals surface area (Å²) in [5, 5.41) is 9.36. The van der Waals surface area contributed by atoms with Crippen LogP contribution in [0.1, 0.15) is 13.3 Å². The summed E-state index contributed by atoms with van der Waals surface area (Å²) in [5.41, 5.74) is 1.19. The van der Waals surface area contributed by atoms with Crippen LogP contribution in [-0.4, -0.2) is 18.8 Å². The highest BCUT2D eigenvalue weighted by atomic mass is 32.2. The summed E-state index contributed by atoms with van der Waals surface area (Å²) in [5.74, 6) is 0. The molecule has 0 spiro atoms. The number of anilines is 3. The average Bonchev–Trinajstić information content (AvgIpc) is 2.68. The van der Waals surface area contributed by atoms with Crippen molar-refractivity contribution in [3.8, 4) is 0 Å². The van der Waals surface area contributed by atoms with E-state index in [-0.39, 0.29) is 5.69 Å². The summed E-state index contributed by atoms with van der Waals surface area (Å²) in [4.78, 5) is 25.9. The Morgan fingerprint density at radius 3 is 2.67 bits per heavy atom. The van der Waals surface area contributed by atoms with Crippen LogP contribution in [0.5, 0.6) is 0 Å². The number of thioether (sulfide) groups is 1. The van der Waals surface area contributed by atoms with Crippen LogP contribution in [-0.2, 0) is 0 Å². The van der Waals surface area contributed by atoms with Crippen molar-refractivity contribution >= 4 is 45.8 Å². The average molecular weight is 383 g/mol. The van der Waals surface area contributed by atoms with Crippen molar-refractivity contribution in [1.29, 1.82) is 0 Å². The maximum absolute atomic E-state index is 12.5. The lowest BCUT2D eigenvalue weighted by Gasteiger charge is -2.14. The Labute approximate surface area is 161 Å². The number of fused-ring (bicyclic) bond motifs is 1. The number of para-hydroxylation sites is 1. The minimum Gasteiger partial charge on any atom is -0.421 e. The SMILES string of the molecule is CCCNc1c(NC(=O)Nc2cccc(SC)c2)c(=O)oc2ccccc12. The molecule has 0 bridgehead atoms. The highest BCUT2D eigenvalue weighted by molar-refractivity contribution is 7.98. The van der Waals surface area contributed by atoms with E-state index in [1.165, 1.54) is 0 Å². The predicted octanol–water partition coefficient (Wildman–Crippen LogP) is 4.98. The van der Waals surface area contributed by atoms with Gasteiger partial charge in [0.1, 0.15) is 5.58 Å². The van der Waals surface area contributed by atoms with Gasteiger partial charge in [-0.15, -0.1) is 11.8 Å². The van der Waals surface area contributed by atoms with Gasteiger partial charge in [-0.25, -0.2) is 9.59 Å². The minimum absolute atomic E-state index is 0.0978. The topological polar surface area (TPSA) is 83.4 Å². The standard InChI is InChI=1S/C20H21N3O3S/c1-3-11-21-17-15-9-4-5-10-16(15)26-19(24)18(17)23-20(25)22-13-7-6-8-14(12-13)27-2/h4-10,12,21H,3,11H2,1-2H3,(H2,22,23,25). The van der Waals surface area contributed by atoms with E-state index in [2.05, 4.69) is 16.0 Å². The predicted molar refractivity (Wildman–Crippen MR) is 112 cm³/mol. The van der Waals surface area contributed by atoms with Gasteiger partial charge < -0.3 is 15.1 Å². The first-order valence-corrected chi connectivity index (χ1v) is 9.86. The monoisotopic (exact) mass is 383 g/mol. The molecule has 0 unspecified atom stereocenters. The summed E-state index contributed by atoms with van der Waals surface area (Å²) in [6.45, 7) is 2.69. The zero-order valence-electron chi connectivity index (χ0n) is 15.2. The Morgan fingerprint density at radius 2 is 1.89 bits per heavy atom. The lowest BCUT2D eigenvalue weighted by molar-refractivity contribution is 0.262. The van der Waals surface area contributed by atoms with Crippen molar-refractivity contribution in [3.63, 3.8) is 0 Å². The summed E-state index contributed by atoms with van der Waals surface area (Å²) in [6.07, 6.45) is 2.84. The molecule has 0 aliphatic heterocycles. The first-order valence-electron chi connectivity index (χ1n) is 8.64. The van der Waals surface area contributed by atoms with Gasteiger partial charge in [0.15, 0.2) is 5.69 Å². The lowest BCUT2D eigenvalue weighted by Crippen LogP contribution is -2.24. The van der Waals surface area contributed by atoms with Crippen LogP contribution < -0.4 is 21.6 Å². The van der Waals surface area contributed by atoms with E-state index < -0.39 is 11.7 Å². The molecule has 0 saturated carbocycles. The lowest BCUT2D eigenvalue weighted by atomic mass is 10.2. The molecule has 0 saturated heterocycles. The molecule has 0 atom stereocenters. The summed E-state index contributed by atoms with van der Waals surface area (Å²) in [7, 11) is 0. The summed E-state index contributed by atoms with van der Waals surface area (Å²) in [6, 6.07) is 14.2. The van der Waals surface area contributed by atoms with E-state index in [0.717, 1.165) is 16.7 Å². The van der Waals surface area contributed by atoms with Gasteiger partial charge in [0, 0.05) is 22.5 Å². The van der Waals surface area contributed by atoms with Crippen LogP contribution >= 0.6 is 11.8 Å². The number of rotatable bonds is 6. The third kappa shape index (κ3) is 4.43. The normalized spacial score (nSPS) is 10.6. The molecule has 1 heterocycles. The molecule has 7 heteroatoms. The van der Waals surface area contributed by atoms with Crippen molar-refractivity contribution < 1.29 is 9.21 Å². The number of urea groups is 1. The third-order valence-corrected chi connectivity index (χ3v) is 4.66. The van der Waals surface area contributed by atoms with Crippen molar-refractivity contribution in [3.05, 3.63) is 59.0 Å². The van der Waals surface area contributed by atoms with E-state index in [1.54, 1.807) is 30.0 Å². The molecule has 0 aliphatic rings. The van der Waals surface area contributed by atoms with E-state index in [9.17, 15) is 9.59 Å². The second-order valence-electron chi connectivity index (χ2n) is 5.87. The van der Waals surface area contributed by atoms with E-state index in [0.29, 0.717) is 23.5 Å². The van der Waals surface area contributed by atoms with E-state index >= 15 is 0 Å². The van der Waals surface area contributed by atoms with Gasteiger partial charge in [-0.2, -0.15) is 0 Å².